The molecule has 0 spiro atoms. The lowest BCUT2D eigenvalue weighted by Crippen LogP contribution is -2.23. The number of hydrogen-bond donors (Lipinski definition) is 1. The van der Waals surface area contributed by atoms with Crippen molar-refractivity contribution in [2.75, 3.05) is 5.32 Å². The molecule has 7 heteroatoms. The predicted molar refractivity (Wildman–Crippen MR) is 83.6 cm³/mol. The highest BCUT2D eigenvalue weighted by Crippen LogP contribution is 2.31. The average molecular weight is 330 g/mol. The number of aryl methyl sites for hydroxylation is 1. The van der Waals surface area contributed by atoms with Gasteiger partial charge in [0.2, 0.25) is 5.91 Å². The van der Waals surface area contributed by atoms with Crippen LogP contribution in [0.5, 0.6) is 0 Å². The molecular formula is C13H13Cl2N3OS. The summed E-state index contributed by atoms with van der Waals surface area (Å²) in [5.74, 6) is -0.173. The van der Waals surface area contributed by atoms with Gasteiger partial charge < -0.3 is 9.88 Å². The van der Waals surface area contributed by atoms with Crippen molar-refractivity contribution < 1.29 is 4.79 Å². The zero-order valence-corrected chi connectivity index (χ0v) is 13.3. The average Bonchev–Trinajstić information content (AvgIpc) is 2.79. The van der Waals surface area contributed by atoms with Gasteiger partial charge in [-0.2, -0.15) is 0 Å². The molecule has 4 nitrogen and oxygen atoms in total. The van der Waals surface area contributed by atoms with Crippen molar-refractivity contribution in [1.29, 1.82) is 0 Å². The first-order chi connectivity index (χ1) is 9.49. The Labute approximate surface area is 131 Å². The number of hydrogen-bond acceptors (Lipinski definition) is 3. The summed E-state index contributed by atoms with van der Waals surface area (Å²) in [6, 6.07) is 5.09. The van der Waals surface area contributed by atoms with E-state index in [2.05, 4.69) is 10.3 Å². The van der Waals surface area contributed by atoms with E-state index in [1.165, 1.54) is 11.8 Å². The van der Waals surface area contributed by atoms with Gasteiger partial charge in [0.05, 0.1) is 21.0 Å². The Balaban J connectivity index is 2.06. The van der Waals surface area contributed by atoms with Crippen LogP contribution in [0.2, 0.25) is 10.0 Å². The van der Waals surface area contributed by atoms with Gasteiger partial charge in [-0.15, -0.1) is 0 Å². The molecule has 0 radical (unpaired) electrons. The number of carbonyl (C=O) groups excluding carboxylic acids is 1. The van der Waals surface area contributed by atoms with Gasteiger partial charge in [0, 0.05) is 19.4 Å². The van der Waals surface area contributed by atoms with E-state index >= 15 is 0 Å². The Morgan fingerprint density at radius 3 is 2.60 bits per heavy atom. The fourth-order valence-corrected chi connectivity index (χ4v) is 2.84. The van der Waals surface area contributed by atoms with Crippen LogP contribution >= 0.6 is 35.0 Å². The Kier molecular flexibility index (Phi) is 4.96. The van der Waals surface area contributed by atoms with Gasteiger partial charge in [-0.05, 0) is 19.1 Å². The lowest BCUT2D eigenvalue weighted by atomic mass is 10.3. The third-order valence-electron chi connectivity index (χ3n) is 2.64. The van der Waals surface area contributed by atoms with Crippen LogP contribution in [0, 0.1) is 0 Å². The van der Waals surface area contributed by atoms with Crippen molar-refractivity contribution >= 4 is 46.6 Å². The van der Waals surface area contributed by atoms with E-state index in [0.717, 1.165) is 5.16 Å². The number of anilines is 1. The Bertz CT molecular complexity index is 610. The van der Waals surface area contributed by atoms with E-state index in [4.69, 9.17) is 23.2 Å². The predicted octanol–water partition coefficient (Wildman–Crippen LogP) is 3.85. The van der Waals surface area contributed by atoms with Crippen LogP contribution in [0.4, 0.5) is 5.69 Å². The molecule has 0 aliphatic carbocycles. The quantitative estimate of drug-likeness (QED) is 0.866. The number of para-hydroxylation sites is 1. The van der Waals surface area contributed by atoms with Gasteiger partial charge in [0.15, 0.2) is 5.16 Å². The molecule has 106 valence electrons. The number of thioether (sulfide) groups is 1. The molecule has 1 N–H and O–H groups in total. The van der Waals surface area contributed by atoms with Gasteiger partial charge in [-0.1, -0.05) is 41.0 Å². The first-order valence-corrected chi connectivity index (χ1v) is 7.51. The number of amides is 1. The number of halogens is 2. The number of benzene rings is 1. The molecule has 0 saturated heterocycles. The Morgan fingerprint density at radius 1 is 1.40 bits per heavy atom. The zero-order chi connectivity index (χ0) is 14.7. The Morgan fingerprint density at radius 2 is 2.05 bits per heavy atom. The van der Waals surface area contributed by atoms with E-state index in [1.54, 1.807) is 31.3 Å². The maximum atomic E-state index is 12.2. The number of nitrogens with one attached hydrogen (secondary N) is 1. The summed E-state index contributed by atoms with van der Waals surface area (Å²) in [7, 11) is 1.88. The number of nitrogens with zero attached hydrogens (tertiary/aromatic N) is 2. The molecule has 1 atom stereocenters. The highest BCUT2D eigenvalue weighted by molar-refractivity contribution is 8.00. The van der Waals surface area contributed by atoms with Crippen LogP contribution in [-0.4, -0.2) is 20.7 Å². The lowest BCUT2D eigenvalue weighted by molar-refractivity contribution is -0.115. The Hall–Kier alpha value is -1.17. The smallest absolute Gasteiger partial charge is 0.237 e. The lowest BCUT2D eigenvalue weighted by Gasteiger charge is -2.13. The molecule has 0 aliphatic heterocycles. The minimum absolute atomic E-state index is 0.173. The van der Waals surface area contributed by atoms with Crippen LogP contribution in [-0.2, 0) is 11.8 Å². The number of rotatable bonds is 4. The minimum atomic E-state index is -0.316. The van der Waals surface area contributed by atoms with Gasteiger partial charge >= 0.3 is 0 Å². The molecule has 1 amide bonds. The number of imidazole rings is 1. The minimum Gasteiger partial charge on any atom is -0.329 e. The van der Waals surface area contributed by atoms with Crippen molar-refractivity contribution in [3.8, 4) is 0 Å². The second kappa shape index (κ2) is 6.52. The van der Waals surface area contributed by atoms with Crippen LogP contribution in [0.15, 0.2) is 35.7 Å². The maximum Gasteiger partial charge on any atom is 0.237 e. The van der Waals surface area contributed by atoms with Gasteiger partial charge in [-0.3, -0.25) is 4.79 Å². The SMILES string of the molecule is CC(Sc1nccn1C)C(=O)Nc1c(Cl)cccc1Cl. The van der Waals surface area contributed by atoms with Crippen LogP contribution in [0.3, 0.4) is 0 Å². The monoisotopic (exact) mass is 329 g/mol. The molecule has 0 saturated carbocycles. The van der Waals surface area contributed by atoms with Crippen LogP contribution in [0.25, 0.3) is 0 Å². The third kappa shape index (κ3) is 3.48. The zero-order valence-electron chi connectivity index (χ0n) is 10.9. The molecule has 1 heterocycles. The van der Waals surface area contributed by atoms with E-state index in [9.17, 15) is 4.79 Å². The van der Waals surface area contributed by atoms with Crippen molar-refractivity contribution in [3.63, 3.8) is 0 Å². The molecule has 20 heavy (non-hydrogen) atoms. The fraction of sp³-hybridized carbons (Fsp3) is 0.231. The summed E-state index contributed by atoms with van der Waals surface area (Å²) in [5, 5.41) is 4.04. The summed E-state index contributed by atoms with van der Waals surface area (Å²) in [4.78, 5) is 16.3. The molecule has 1 unspecified atom stereocenters. The summed E-state index contributed by atoms with van der Waals surface area (Å²) >= 11 is 13.4. The number of aromatic nitrogens is 2. The van der Waals surface area contributed by atoms with Crippen molar-refractivity contribution in [3.05, 3.63) is 40.6 Å². The molecule has 0 aliphatic rings. The van der Waals surface area contributed by atoms with Crippen molar-refractivity contribution in [1.82, 2.24) is 9.55 Å². The molecule has 1 aromatic carbocycles. The second-order valence-corrected chi connectivity index (χ2v) is 6.29. The van der Waals surface area contributed by atoms with Crippen molar-refractivity contribution in [2.45, 2.75) is 17.3 Å². The molecular weight excluding hydrogens is 317 g/mol. The second-order valence-electron chi connectivity index (χ2n) is 4.17. The van der Waals surface area contributed by atoms with E-state index in [1.807, 2.05) is 17.8 Å². The van der Waals surface area contributed by atoms with Gasteiger partial charge in [0.1, 0.15) is 0 Å². The molecule has 2 rings (SSSR count). The molecule has 0 fully saturated rings. The normalized spacial score (nSPS) is 12.2. The largest absolute Gasteiger partial charge is 0.329 e. The first-order valence-electron chi connectivity index (χ1n) is 5.88. The first kappa shape index (κ1) is 15.2. The van der Waals surface area contributed by atoms with E-state index < -0.39 is 0 Å². The van der Waals surface area contributed by atoms with Gasteiger partial charge in [-0.25, -0.2) is 4.98 Å². The third-order valence-corrected chi connectivity index (χ3v) is 4.44. The van der Waals surface area contributed by atoms with Crippen molar-refractivity contribution in [2.24, 2.45) is 7.05 Å². The topological polar surface area (TPSA) is 46.9 Å². The highest BCUT2D eigenvalue weighted by atomic mass is 35.5. The molecule has 2 aromatic rings. The molecule has 0 bridgehead atoms. The standard InChI is InChI=1S/C13H13Cl2N3OS/c1-8(20-13-16-6-7-18(13)2)12(19)17-11-9(14)4-3-5-10(11)15/h3-8H,1-2H3,(H,17,19). The molecule has 1 aromatic heterocycles. The summed E-state index contributed by atoms with van der Waals surface area (Å²) in [5.41, 5.74) is 0.438. The van der Waals surface area contributed by atoms with E-state index in [-0.39, 0.29) is 11.2 Å². The van der Waals surface area contributed by atoms with Crippen LogP contribution in [0.1, 0.15) is 6.92 Å². The summed E-state index contributed by atoms with van der Waals surface area (Å²) in [6.45, 7) is 1.80. The highest BCUT2D eigenvalue weighted by Gasteiger charge is 2.18. The summed E-state index contributed by atoms with van der Waals surface area (Å²) in [6.07, 6.45) is 3.52. The van der Waals surface area contributed by atoms with E-state index in [0.29, 0.717) is 15.7 Å². The maximum absolute atomic E-state index is 12.2. The number of carbonyl (C=O) groups is 1. The summed E-state index contributed by atoms with van der Waals surface area (Å²) < 4.78 is 1.86. The van der Waals surface area contributed by atoms with Gasteiger partial charge in [0.25, 0.3) is 0 Å². The fourth-order valence-electron chi connectivity index (χ4n) is 1.52. The van der Waals surface area contributed by atoms with Crippen LogP contribution < -0.4 is 5.32 Å².